The van der Waals surface area contributed by atoms with Crippen molar-refractivity contribution in [1.82, 2.24) is 9.55 Å². The van der Waals surface area contributed by atoms with Gasteiger partial charge in [-0.1, -0.05) is 24.3 Å². The third-order valence-electron chi connectivity index (χ3n) is 7.15. The Kier molecular flexibility index (Phi) is 6.94. The summed E-state index contributed by atoms with van der Waals surface area (Å²) >= 11 is 0. The zero-order valence-corrected chi connectivity index (χ0v) is 21.2. The molecule has 0 radical (unpaired) electrons. The first-order valence-electron chi connectivity index (χ1n) is 12.6. The number of ether oxygens (including phenoxy) is 2. The summed E-state index contributed by atoms with van der Waals surface area (Å²) in [6, 6.07) is 22.1. The molecule has 36 heavy (non-hydrogen) atoms. The molecule has 1 saturated heterocycles. The lowest BCUT2D eigenvalue weighted by Gasteiger charge is -2.20. The van der Waals surface area contributed by atoms with Crippen LogP contribution in [-0.2, 0) is 11.3 Å². The molecule has 5 rings (SSSR count). The van der Waals surface area contributed by atoms with Crippen LogP contribution in [0, 0.1) is 13.8 Å². The number of hydrogen-bond acceptors (Lipinski definition) is 4. The van der Waals surface area contributed by atoms with Crippen LogP contribution in [0.2, 0.25) is 0 Å². The Hall–Kier alpha value is -3.80. The first-order chi connectivity index (χ1) is 17.5. The fourth-order valence-corrected chi connectivity index (χ4v) is 5.02. The number of carbonyl (C=O) groups excluding carboxylic acids is 1. The largest absolute Gasteiger partial charge is 0.497 e. The minimum atomic E-state index is 0.0698. The van der Waals surface area contributed by atoms with Crippen molar-refractivity contribution in [3.05, 3.63) is 83.7 Å². The van der Waals surface area contributed by atoms with Gasteiger partial charge in [-0.2, -0.15) is 0 Å². The maximum Gasteiger partial charge on any atom is 0.227 e. The Morgan fingerprint density at radius 2 is 1.72 bits per heavy atom. The second-order valence-corrected chi connectivity index (χ2v) is 9.47. The zero-order chi connectivity index (χ0) is 25.1. The molecule has 0 N–H and O–H groups in total. The first kappa shape index (κ1) is 23.9. The van der Waals surface area contributed by atoms with E-state index in [1.807, 2.05) is 41.3 Å². The molecule has 1 atom stereocenters. The number of amides is 1. The van der Waals surface area contributed by atoms with E-state index in [1.54, 1.807) is 7.11 Å². The summed E-state index contributed by atoms with van der Waals surface area (Å²) in [6.07, 6.45) is 2.37. The van der Waals surface area contributed by atoms with Gasteiger partial charge in [0.05, 0.1) is 24.8 Å². The summed E-state index contributed by atoms with van der Waals surface area (Å²) < 4.78 is 13.4. The Labute approximate surface area is 212 Å². The van der Waals surface area contributed by atoms with Crippen LogP contribution in [0.25, 0.3) is 11.0 Å². The number of carbonyl (C=O) groups is 1. The van der Waals surface area contributed by atoms with Gasteiger partial charge in [0.15, 0.2) is 0 Å². The summed E-state index contributed by atoms with van der Waals surface area (Å²) in [4.78, 5) is 20.0. The van der Waals surface area contributed by atoms with E-state index in [9.17, 15) is 4.79 Å². The average molecular weight is 484 g/mol. The van der Waals surface area contributed by atoms with Gasteiger partial charge in [0.2, 0.25) is 5.91 Å². The molecule has 1 aliphatic rings. The monoisotopic (exact) mass is 483 g/mol. The van der Waals surface area contributed by atoms with Gasteiger partial charge in [0, 0.05) is 31.1 Å². The van der Waals surface area contributed by atoms with Crippen LogP contribution >= 0.6 is 0 Å². The van der Waals surface area contributed by atoms with Gasteiger partial charge in [-0.05, 0) is 80.3 Å². The average Bonchev–Trinajstić information content (AvgIpc) is 3.46. The van der Waals surface area contributed by atoms with E-state index in [0.29, 0.717) is 19.6 Å². The normalized spacial score (nSPS) is 15.6. The molecule has 1 fully saturated rings. The van der Waals surface area contributed by atoms with E-state index in [-0.39, 0.29) is 11.8 Å². The van der Waals surface area contributed by atoms with Gasteiger partial charge in [0.1, 0.15) is 17.3 Å². The molecule has 4 aromatic rings. The quantitative estimate of drug-likeness (QED) is 0.272. The SMILES string of the molecule is COc1ccc(OCCCCn2c(C3CC(=O)N(c4cccc(C)c4C)C3)nc3ccccc32)cc1. The number of anilines is 1. The number of para-hydroxylation sites is 2. The van der Waals surface area contributed by atoms with E-state index in [4.69, 9.17) is 14.5 Å². The number of aromatic nitrogens is 2. The number of hydrogen-bond donors (Lipinski definition) is 0. The lowest BCUT2D eigenvalue weighted by Crippen LogP contribution is -2.25. The molecule has 1 amide bonds. The maximum atomic E-state index is 13.1. The summed E-state index contributed by atoms with van der Waals surface area (Å²) in [7, 11) is 1.66. The number of unbranched alkanes of at least 4 members (excludes halogenated alkanes) is 1. The Morgan fingerprint density at radius 3 is 2.53 bits per heavy atom. The number of rotatable bonds is 9. The van der Waals surface area contributed by atoms with Gasteiger partial charge in [-0.25, -0.2) is 4.98 Å². The molecule has 6 nitrogen and oxygen atoms in total. The van der Waals surface area contributed by atoms with E-state index in [2.05, 4.69) is 48.7 Å². The molecule has 2 heterocycles. The van der Waals surface area contributed by atoms with Crippen LogP contribution in [0.1, 0.15) is 42.1 Å². The van der Waals surface area contributed by atoms with Crippen LogP contribution < -0.4 is 14.4 Å². The van der Waals surface area contributed by atoms with E-state index >= 15 is 0 Å². The second-order valence-electron chi connectivity index (χ2n) is 9.47. The van der Waals surface area contributed by atoms with E-state index in [1.165, 1.54) is 5.56 Å². The first-order valence-corrected chi connectivity index (χ1v) is 12.6. The molecule has 0 spiro atoms. The summed E-state index contributed by atoms with van der Waals surface area (Å²) in [5, 5.41) is 0. The molecule has 0 saturated carbocycles. The highest BCUT2D eigenvalue weighted by atomic mass is 16.5. The Morgan fingerprint density at radius 1 is 0.944 bits per heavy atom. The molecule has 186 valence electrons. The van der Waals surface area contributed by atoms with Crippen LogP contribution in [0.3, 0.4) is 0 Å². The molecule has 3 aromatic carbocycles. The zero-order valence-electron chi connectivity index (χ0n) is 21.2. The summed E-state index contributed by atoms with van der Waals surface area (Å²) in [5.74, 6) is 2.91. The van der Waals surface area contributed by atoms with Crippen molar-refractivity contribution in [1.29, 1.82) is 0 Å². The Bertz CT molecular complexity index is 1360. The predicted octanol–water partition coefficient (Wildman–Crippen LogP) is 6.04. The maximum absolute atomic E-state index is 13.1. The minimum Gasteiger partial charge on any atom is -0.497 e. The molecule has 1 unspecified atom stereocenters. The summed E-state index contributed by atoms with van der Waals surface area (Å²) in [6.45, 7) is 6.34. The standard InChI is InChI=1S/C30H33N3O3/c1-21-9-8-12-27(22(21)2)33-20-23(19-29(33)34)30-31-26-10-4-5-11-28(26)32(30)17-6-7-18-36-25-15-13-24(35-3)14-16-25/h4-5,8-16,23H,6-7,17-20H2,1-3H3. The fraction of sp³-hybridized carbons (Fsp3) is 0.333. The van der Waals surface area contributed by atoms with Crippen molar-refractivity contribution >= 4 is 22.6 Å². The molecule has 1 aliphatic heterocycles. The molecule has 0 bridgehead atoms. The minimum absolute atomic E-state index is 0.0698. The highest BCUT2D eigenvalue weighted by molar-refractivity contribution is 5.97. The lowest BCUT2D eigenvalue weighted by molar-refractivity contribution is -0.117. The number of aryl methyl sites for hydroxylation is 2. The van der Waals surface area contributed by atoms with Crippen molar-refractivity contribution in [2.75, 3.05) is 25.2 Å². The van der Waals surface area contributed by atoms with Gasteiger partial charge < -0.3 is 18.9 Å². The van der Waals surface area contributed by atoms with Crippen LogP contribution in [-0.4, -0.2) is 35.7 Å². The highest BCUT2D eigenvalue weighted by Gasteiger charge is 2.35. The van der Waals surface area contributed by atoms with Crippen molar-refractivity contribution in [3.8, 4) is 11.5 Å². The number of nitrogens with zero attached hydrogens (tertiary/aromatic N) is 3. The van der Waals surface area contributed by atoms with E-state index < -0.39 is 0 Å². The number of benzene rings is 3. The van der Waals surface area contributed by atoms with Crippen LogP contribution in [0.15, 0.2) is 66.7 Å². The predicted molar refractivity (Wildman–Crippen MR) is 143 cm³/mol. The van der Waals surface area contributed by atoms with Gasteiger partial charge in [-0.3, -0.25) is 4.79 Å². The van der Waals surface area contributed by atoms with E-state index in [0.717, 1.165) is 59.0 Å². The topological polar surface area (TPSA) is 56.6 Å². The number of fused-ring (bicyclic) bond motifs is 1. The molecular formula is C30H33N3O3. The second kappa shape index (κ2) is 10.4. The smallest absolute Gasteiger partial charge is 0.227 e. The van der Waals surface area contributed by atoms with Crippen molar-refractivity contribution in [2.45, 2.75) is 45.6 Å². The van der Waals surface area contributed by atoms with Crippen LogP contribution in [0.5, 0.6) is 11.5 Å². The molecule has 1 aromatic heterocycles. The Balaban J connectivity index is 1.29. The number of methoxy groups -OCH3 is 1. The van der Waals surface area contributed by atoms with Crippen LogP contribution in [0.4, 0.5) is 5.69 Å². The van der Waals surface area contributed by atoms with Gasteiger partial charge in [-0.15, -0.1) is 0 Å². The number of imidazole rings is 1. The molecule has 6 heteroatoms. The molecular weight excluding hydrogens is 450 g/mol. The third kappa shape index (κ3) is 4.81. The molecule has 0 aliphatic carbocycles. The highest BCUT2D eigenvalue weighted by Crippen LogP contribution is 2.35. The summed E-state index contributed by atoms with van der Waals surface area (Å²) in [5.41, 5.74) is 5.49. The van der Waals surface area contributed by atoms with Gasteiger partial charge >= 0.3 is 0 Å². The van der Waals surface area contributed by atoms with Gasteiger partial charge in [0.25, 0.3) is 0 Å². The fourth-order valence-electron chi connectivity index (χ4n) is 5.02. The third-order valence-corrected chi connectivity index (χ3v) is 7.15. The van der Waals surface area contributed by atoms with Crippen molar-refractivity contribution in [3.63, 3.8) is 0 Å². The van der Waals surface area contributed by atoms with Crippen molar-refractivity contribution < 1.29 is 14.3 Å². The van der Waals surface area contributed by atoms with Crippen molar-refractivity contribution in [2.24, 2.45) is 0 Å². The lowest BCUT2D eigenvalue weighted by atomic mass is 10.1.